The summed E-state index contributed by atoms with van der Waals surface area (Å²) in [7, 11) is 4.28. The molecule has 11 aliphatic rings. The monoisotopic (exact) mass is 496 g/mol. The van der Waals surface area contributed by atoms with Crippen LogP contribution in [0.1, 0.15) is 70.6 Å². The molecule has 0 N–H and O–H groups in total. The van der Waals surface area contributed by atoms with Crippen LogP contribution in [0, 0.1) is 41.4 Å². The van der Waals surface area contributed by atoms with Crippen LogP contribution in [0.2, 0.25) is 0 Å². The summed E-state index contributed by atoms with van der Waals surface area (Å²) in [6.07, 6.45) is 16.2. The van der Waals surface area contributed by atoms with Crippen molar-refractivity contribution in [1.82, 2.24) is 30.1 Å². The molecule has 11 fully saturated rings. The van der Waals surface area contributed by atoms with Crippen molar-refractivity contribution in [3.05, 3.63) is 0 Å². The number of hydrogen-bond donors (Lipinski definition) is 0. The SMILES string of the molecule is C1CC2C(C1)C1C3C4CC5C6CN(C2C53)N1C64.C1CCN2CCCCN2CC1.CN1CCCCN1C. The Bertz CT molecular complexity index is 787. The van der Waals surface area contributed by atoms with Crippen LogP contribution in [0.5, 0.6) is 0 Å². The molecule has 6 heteroatoms. The largest absolute Gasteiger partial charge is 0.245 e. The third kappa shape index (κ3) is 3.37. The summed E-state index contributed by atoms with van der Waals surface area (Å²) in [6, 6.07) is 3.10. The smallest absolute Gasteiger partial charge is 0.0324 e. The molecule has 11 rings (SSSR count). The Morgan fingerprint density at radius 2 is 1.03 bits per heavy atom. The van der Waals surface area contributed by atoms with Gasteiger partial charge in [0.2, 0.25) is 0 Å². The highest BCUT2D eigenvalue weighted by atomic mass is 15.7. The molecule has 4 saturated carbocycles. The second-order valence-corrected chi connectivity index (χ2v) is 14.3. The average molecular weight is 497 g/mol. The molecule has 10 unspecified atom stereocenters. The second kappa shape index (κ2) is 9.16. The molecular formula is C30H52N6. The topological polar surface area (TPSA) is 19.4 Å². The van der Waals surface area contributed by atoms with Crippen molar-refractivity contribution in [1.29, 1.82) is 0 Å². The molecule has 202 valence electrons. The Morgan fingerprint density at radius 3 is 1.67 bits per heavy atom. The van der Waals surface area contributed by atoms with Crippen LogP contribution in [0.3, 0.4) is 0 Å². The summed E-state index contributed by atoms with van der Waals surface area (Å²) in [5.74, 6) is 8.02. The van der Waals surface area contributed by atoms with Gasteiger partial charge in [-0.3, -0.25) is 0 Å². The van der Waals surface area contributed by atoms with Gasteiger partial charge in [0, 0.05) is 78.0 Å². The van der Waals surface area contributed by atoms with E-state index in [0.717, 1.165) is 47.7 Å². The van der Waals surface area contributed by atoms with Gasteiger partial charge in [0.15, 0.2) is 0 Å². The Hall–Kier alpha value is -0.240. The summed E-state index contributed by atoms with van der Waals surface area (Å²) in [5.41, 5.74) is 0. The van der Waals surface area contributed by atoms with Crippen LogP contribution in [-0.4, -0.2) is 108 Å². The molecule has 10 atom stereocenters. The lowest BCUT2D eigenvalue weighted by Gasteiger charge is -2.62. The Kier molecular flexibility index (Phi) is 6.01. The van der Waals surface area contributed by atoms with Gasteiger partial charge >= 0.3 is 0 Å². The first kappa shape index (κ1) is 23.6. The minimum atomic E-state index is 1.02. The molecule has 7 aliphatic heterocycles. The van der Waals surface area contributed by atoms with Gasteiger partial charge in [-0.15, -0.1) is 0 Å². The van der Waals surface area contributed by atoms with Crippen molar-refractivity contribution in [3.8, 4) is 0 Å². The summed E-state index contributed by atoms with van der Waals surface area (Å²) < 4.78 is 0. The van der Waals surface area contributed by atoms with Crippen molar-refractivity contribution < 1.29 is 0 Å². The zero-order valence-corrected chi connectivity index (χ0v) is 23.2. The van der Waals surface area contributed by atoms with E-state index in [9.17, 15) is 0 Å². The van der Waals surface area contributed by atoms with Gasteiger partial charge in [0.25, 0.3) is 0 Å². The Balaban J connectivity index is 0.0000000944. The zero-order valence-electron chi connectivity index (χ0n) is 23.2. The molecule has 0 amide bonds. The molecule has 7 saturated heterocycles. The normalized spacial score (nSPS) is 51.2. The first-order valence-electron chi connectivity index (χ1n) is 16.2. The molecule has 7 heterocycles. The average Bonchev–Trinajstić information content (AvgIpc) is 3.67. The quantitative estimate of drug-likeness (QED) is 0.507. The van der Waals surface area contributed by atoms with Gasteiger partial charge in [-0.2, -0.15) is 0 Å². The maximum absolute atomic E-state index is 2.99. The lowest BCUT2D eigenvalue weighted by molar-refractivity contribution is -0.211. The Labute approximate surface area is 220 Å². The van der Waals surface area contributed by atoms with Crippen LogP contribution < -0.4 is 0 Å². The van der Waals surface area contributed by atoms with E-state index >= 15 is 0 Å². The molecule has 36 heavy (non-hydrogen) atoms. The van der Waals surface area contributed by atoms with E-state index < -0.39 is 0 Å². The number of nitrogens with zero attached hydrogens (tertiary/aromatic N) is 6. The van der Waals surface area contributed by atoms with Gasteiger partial charge < -0.3 is 0 Å². The van der Waals surface area contributed by atoms with E-state index in [0.29, 0.717) is 0 Å². The van der Waals surface area contributed by atoms with Crippen molar-refractivity contribution in [2.24, 2.45) is 41.4 Å². The van der Waals surface area contributed by atoms with E-state index in [1.165, 1.54) is 103 Å². The minimum Gasteiger partial charge on any atom is -0.245 e. The fourth-order valence-corrected chi connectivity index (χ4v) is 11.7. The predicted octanol–water partition coefficient (Wildman–Crippen LogP) is 3.62. The van der Waals surface area contributed by atoms with Gasteiger partial charge in [-0.1, -0.05) is 12.8 Å². The van der Waals surface area contributed by atoms with E-state index in [-0.39, 0.29) is 0 Å². The van der Waals surface area contributed by atoms with Crippen molar-refractivity contribution >= 4 is 0 Å². The van der Waals surface area contributed by atoms with E-state index in [1.807, 2.05) is 0 Å². The lowest BCUT2D eigenvalue weighted by Crippen LogP contribution is -2.70. The fraction of sp³-hybridized carbons (Fsp3) is 1.00. The molecule has 0 spiro atoms. The summed E-state index contributed by atoms with van der Waals surface area (Å²) in [4.78, 5) is 0. The summed E-state index contributed by atoms with van der Waals surface area (Å²) in [5, 5.41) is 15.6. The van der Waals surface area contributed by atoms with Gasteiger partial charge in [0.1, 0.15) is 0 Å². The third-order valence-electron chi connectivity index (χ3n) is 13.0. The summed E-state index contributed by atoms with van der Waals surface area (Å²) >= 11 is 0. The lowest BCUT2D eigenvalue weighted by atomic mass is 9.56. The van der Waals surface area contributed by atoms with E-state index in [1.54, 1.807) is 25.7 Å². The highest BCUT2D eigenvalue weighted by Gasteiger charge is 2.81. The van der Waals surface area contributed by atoms with Gasteiger partial charge in [-0.25, -0.2) is 30.1 Å². The van der Waals surface area contributed by atoms with Crippen molar-refractivity contribution in [2.45, 2.75) is 88.8 Å². The zero-order chi connectivity index (χ0) is 24.0. The molecule has 6 nitrogen and oxygen atoms in total. The molecule has 0 radical (unpaired) electrons. The summed E-state index contributed by atoms with van der Waals surface area (Å²) in [6.45, 7) is 9.21. The molecule has 4 aliphatic carbocycles. The standard InChI is InChI=1S/C15H20N2.C9H18N2.C6H14N2/c1-2-6-7(3-1)15-12-9-4-8-10-5-16(14(6)11(8)12)17(15)13(9)10;1-2-6-10-8-4-5-9-11(10)7-3-1;1-7-5-3-4-6-8(7)2/h6-15H,1-5H2;1-9H2;3-6H2,1-2H3. The fourth-order valence-electron chi connectivity index (χ4n) is 11.7. The predicted molar refractivity (Wildman–Crippen MR) is 144 cm³/mol. The third-order valence-corrected chi connectivity index (χ3v) is 13.0. The number of fused-ring (bicyclic) bond motifs is 3. The second-order valence-electron chi connectivity index (χ2n) is 14.3. The molecule has 0 aromatic rings. The van der Waals surface area contributed by atoms with Crippen LogP contribution in [-0.2, 0) is 0 Å². The molecule has 0 aromatic carbocycles. The number of rotatable bonds is 0. The van der Waals surface area contributed by atoms with Gasteiger partial charge in [0.05, 0.1) is 0 Å². The maximum atomic E-state index is 2.99. The van der Waals surface area contributed by atoms with Crippen molar-refractivity contribution in [2.75, 3.05) is 59.9 Å². The van der Waals surface area contributed by atoms with E-state index in [4.69, 9.17) is 0 Å². The number of hydrazine groups is 3. The van der Waals surface area contributed by atoms with Crippen LogP contribution in [0.25, 0.3) is 0 Å². The van der Waals surface area contributed by atoms with Gasteiger partial charge in [-0.05, 0) is 99.2 Å². The first-order chi connectivity index (χ1) is 17.7. The first-order valence-corrected chi connectivity index (χ1v) is 16.2. The molecule has 6 bridgehead atoms. The van der Waals surface area contributed by atoms with E-state index in [2.05, 4.69) is 44.1 Å². The highest BCUT2D eigenvalue weighted by Crippen LogP contribution is 2.76. The number of piperidine rings is 1. The minimum absolute atomic E-state index is 1.02. The Morgan fingerprint density at radius 1 is 0.472 bits per heavy atom. The van der Waals surface area contributed by atoms with Crippen LogP contribution >= 0.6 is 0 Å². The van der Waals surface area contributed by atoms with Crippen molar-refractivity contribution in [3.63, 3.8) is 0 Å². The maximum Gasteiger partial charge on any atom is 0.0324 e. The molecule has 0 aromatic heterocycles. The van der Waals surface area contributed by atoms with Crippen LogP contribution in [0.15, 0.2) is 0 Å². The number of hydrogen-bond acceptors (Lipinski definition) is 6. The highest BCUT2D eigenvalue weighted by molar-refractivity contribution is 5.30. The van der Waals surface area contributed by atoms with Crippen LogP contribution in [0.4, 0.5) is 0 Å². The molecular weight excluding hydrogens is 444 g/mol.